The third-order valence-electron chi connectivity index (χ3n) is 5.87. The Morgan fingerprint density at radius 3 is 1.33 bits per heavy atom. The third kappa shape index (κ3) is 10.6. The molecule has 22 heteroatoms. The van der Waals surface area contributed by atoms with E-state index in [0.717, 1.165) is 12.1 Å². The van der Waals surface area contributed by atoms with Crippen molar-refractivity contribution in [2.24, 2.45) is 0 Å². The number of aromatic nitrogens is 6. The van der Waals surface area contributed by atoms with Crippen LogP contribution >= 0.6 is 23.2 Å². The molecule has 0 aliphatic rings. The van der Waals surface area contributed by atoms with E-state index in [4.69, 9.17) is 23.2 Å². The molecule has 0 aliphatic carbocycles. The summed E-state index contributed by atoms with van der Waals surface area (Å²) in [5.74, 6) is -0.0810. The first-order valence-electron chi connectivity index (χ1n) is 13.6. The predicted molar refractivity (Wildman–Crippen MR) is 178 cm³/mol. The average molecular weight is 744 g/mol. The number of hydrogen-bond donors (Lipinski definition) is 8. The van der Waals surface area contributed by atoms with Crippen LogP contribution in [0.4, 0.5) is 35.2 Å². The Balaban J connectivity index is 1.62. The van der Waals surface area contributed by atoms with Crippen molar-refractivity contribution in [1.29, 1.82) is 0 Å². The second-order valence-corrected chi connectivity index (χ2v) is 13.5. The van der Waals surface area contributed by atoms with Crippen LogP contribution in [-0.4, -0.2) is 91.4 Å². The van der Waals surface area contributed by atoms with Crippen molar-refractivity contribution in [1.82, 2.24) is 29.9 Å². The minimum Gasteiger partial charge on any atom is -0.392 e. The van der Waals surface area contributed by atoms with E-state index in [1.165, 1.54) is 36.4 Å². The topological polar surface area (TPSA) is 275 Å². The quantitative estimate of drug-likeness (QED) is 0.0680. The monoisotopic (exact) mass is 742 g/mol. The SMILES string of the molecule is CC(O)CNc1nc(Cl)nc(Nc2ccc(C=Cc3ccc(Nc4nc(Cl)nc(NCC(C)O)n4)cc3S(=O)(=O)O)c(S(=O)(=O)O)c2)n1. The summed E-state index contributed by atoms with van der Waals surface area (Å²) in [7, 11) is -9.64. The molecule has 256 valence electrons. The van der Waals surface area contributed by atoms with Crippen molar-refractivity contribution in [3.63, 3.8) is 0 Å². The molecule has 2 aromatic carbocycles. The molecule has 0 fully saturated rings. The highest BCUT2D eigenvalue weighted by Crippen LogP contribution is 2.28. The van der Waals surface area contributed by atoms with Crippen LogP contribution in [0.25, 0.3) is 12.2 Å². The summed E-state index contributed by atoms with van der Waals surface area (Å²) in [4.78, 5) is 22.7. The van der Waals surface area contributed by atoms with Gasteiger partial charge in [0, 0.05) is 24.5 Å². The Labute approximate surface area is 284 Å². The first-order valence-corrected chi connectivity index (χ1v) is 17.2. The van der Waals surface area contributed by atoms with Gasteiger partial charge in [0.1, 0.15) is 9.79 Å². The highest BCUT2D eigenvalue weighted by molar-refractivity contribution is 7.86. The maximum atomic E-state index is 12.3. The van der Waals surface area contributed by atoms with E-state index in [9.17, 15) is 36.2 Å². The van der Waals surface area contributed by atoms with Crippen molar-refractivity contribution < 1.29 is 36.2 Å². The number of benzene rings is 2. The standard InChI is InChI=1S/C26H28Cl2N10O8S2/c1-13(39)11-29-23-33-21(27)35-25(37-23)31-17-7-5-15(19(9-17)47(41,42)43)3-4-16-6-8-18(10-20(16)48(44,45)46)32-26-36-22(28)34-24(38-26)30-12-14(2)40/h3-10,13-14,39-40H,11-12H2,1-2H3,(H,41,42,43)(H,44,45,46)(H2,29,31,33,35,37)(H2,30,32,34,36,38). The van der Waals surface area contributed by atoms with Crippen molar-refractivity contribution in [2.75, 3.05) is 34.4 Å². The average Bonchev–Trinajstić information content (AvgIpc) is 2.97. The minimum absolute atomic E-state index is 0.0374. The molecule has 8 N–H and O–H groups in total. The van der Waals surface area contributed by atoms with Crippen LogP contribution in [0.5, 0.6) is 0 Å². The molecule has 0 aliphatic heterocycles. The summed E-state index contributed by atoms with van der Waals surface area (Å²) in [5, 5.41) is 29.6. The highest BCUT2D eigenvalue weighted by Gasteiger charge is 2.19. The molecule has 18 nitrogen and oxygen atoms in total. The molecule has 0 spiro atoms. The van der Waals surface area contributed by atoms with Gasteiger partial charge >= 0.3 is 0 Å². The number of hydrogen-bond acceptors (Lipinski definition) is 16. The number of halogens is 2. The normalized spacial score (nSPS) is 13.2. The van der Waals surface area contributed by atoms with Gasteiger partial charge in [0.2, 0.25) is 34.4 Å². The number of nitrogens with one attached hydrogen (secondary N) is 4. The van der Waals surface area contributed by atoms with Gasteiger partial charge in [-0.25, -0.2) is 0 Å². The van der Waals surface area contributed by atoms with Gasteiger partial charge in [-0.3, -0.25) is 9.11 Å². The van der Waals surface area contributed by atoms with Crippen molar-refractivity contribution >= 4 is 90.8 Å². The summed E-state index contributed by atoms with van der Waals surface area (Å²) < 4.78 is 69.1. The largest absolute Gasteiger partial charge is 0.392 e. The molecular formula is C26H28Cl2N10O8S2. The van der Waals surface area contributed by atoms with Crippen molar-refractivity contribution in [3.8, 4) is 0 Å². The first-order chi connectivity index (χ1) is 22.5. The zero-order chi connectivity index (χ0) is 35.2. The van der Waals surface area contributed by atoms with E-state index in [2.05, 4.69) is 51.2 Å². The van der Waals surface area contributed by atoms with Crippen LogP contribution in [0, 0.1) is 0 Å². The summed E-state index contributed by atoms with van der Waals surface area (Å²) >= 11 is 11.9. The zero-order valence-corrected chi connectivity index (χ0v) is 28.0. The molecule has 0 amide bonds. The Hall–Kier alpha value is -4.28. The Kier molecular flexibility index (Phi) is 11.6. The van der Waals surface area contributed by atoms with Crippen LogP contribution in [-0.2, 0) is 20.2 Å². The molecule has 2 heterocycles. The molecule has 0 saturated carbocycles. The maximum Gasteiger partial charge on any atom is 0.295 e. The molecule has 0 saturated heterocycles. The van der Waals surface area contributed by atoms with Crippen LogP contribution < -0.4 is 21.3 Å². The van der Waals surface area contributed by atoms with Crippen LogP contribution in [0.3, 0.4) is 0 Å². The fourth-order valence-electron chi connectivity index (χ4n) is 3.83. The van der Waals surface area contributed by atoms with Crippen LogP contribution in [0.15, 0.2) is 46.2 Å². The van der Waals surface area contributed by atoms with Gasteiger partial charge in [0.15, 0.2) is 0 Å². The fourth-order valence-corrected chi connectivity index (χ4v) is 5.57. The Bertz CT molecular complexity index is 1910. The molecule has 2 unspecified atom stereocenters. The van der Waals surface area contributed by atoms with Gasteiger partial charge in [0.05, 0.1) is 12.2 Å². The van der Waals surface area contributed by atoms with Gasteiger partial charge in [-0.15, -0.1) is 0 Å². The summed E-state index contributed by atoms with van der Waals surface area (Å²) in [6.07, 6.45) is 1.01. The van der Waals surface area contributed by atoms with Crippen LogP contribution in [0.2, 0.25) is 10.6 Å². The highest BCUT2D eigenvalue weighted by atomic mass is 35.5. The number of rotatable bonds is 14. The first kappa shape index (κ1) is 36.6. The molecule has 4 aromatic rings. The summed E-state index contributed by atoms with van der Waals surface area (Å²) in [6.45, 7) is 3.32. The van der Waals surface area contributed by atoms with E-state index in [-0.39, 0.29) is 70.0 Å². The third-order valence-corrected chi connectivity index (χ3v) is 8.02. The second-order valence-electron chi connectivity index (χ2n) is 10.0. The molecule has 0 bridgehead atoms. The lowest BCUT2D eigenvalue weighted by atomic mass is 10.1. The molecule has 48 heavy (non-hydrogen) atoms. The van der Waals surface area contributed by atoms with Gasteiger partial charge < -0.3 is 31.5 Å². The molecule has 0 radical (unpaired) electrons. The Morgan fingerprint density at radius 2 is 1.00 bits per heavy atom. The smallest absolute Gasteiger partial charge is 0.295 e. The number of anilines is 6. The summed E-state index contributed by atoms with van der Waals surface area (Å²) in [5.41, 5.74) is 0.161. The molecule has 4 rings (SSSR count). The number of aliphatic hydroxyl groups excluding tert-OH is 2. The number of nitrogens with zero attached hydrogens (tertiary/aromatic N) is 6. The Morgan fingerprint density at radius 1 is 0.646 bits per heavy atom. The van der Waals surface area contributed by atoms with Gasteiger partial charge in [-0.2, -0.15) is 46.7 Å². The van der Waals surface area contributed by atoms with E-state index >= 15 is 0 Å². The molecular weight excluding hydrogens is 715 g/mol. The van der Waals surface area contributed by atoms with Gasteiger partial charge in [-0.05, 0) is 72.4 Å². The van der Waals surface area contributed by atoms with Crippen molar-refractivity contribution in [2.45, 2.75) is 35.8 Å². The lowest BCUT2D eigenvalue weighted by Gasteiger charge is -2.12. The maximum absolute atomic E-state index is 12.3. The van der Waals surface area contributed by atoms with Crippen LogP contribution in [0.1, 0.15) is 25.0 Å². The summed E-state index contributed by atoms with van der Waals surface area (Å²) in [6, 6.07) is 7.64. The van der Waals surface area contributed by atoms with E-state index < -0.39 is 42.2 Å². The van der Waals surface area contributed by atoms with E-state index in [0.29, 0.717) is 0 Å². The zero-order valence-electron chi connectivity index (χ0n) is 24.9. The second kappa shape index (κ2) is 15.3. The fraction of sp³-hybridized carbons (Fsp3) is 0.231. The van der Waals surface area contributed by atoms with Gasteiger partial charge in [-0.1, -0.05) is 24.3 Å². The lowest BCUT2D eigenvalue weighted by Crippen LogP contribution is -2.17. The minimum atomic E-state index is -4.82. The molecule has 2 atom stereocenters. The van der Waals surface area contributed by atoms with Gasteiger partial charge in [0.25, 0.3) is 20.2 Å². The van der Waals surface area contributed by atoms with Crippen molar-refractivity contribution in [3.05, 3.63) is 58.1 Å². The lowest BCUT2D eigenvalue weighted by molar-refractivity contribution is 0.207. The molecule has 2 aromatic heterocycles. The van der Waals surface area contributed by atoms with E-state index in [1.54, 1.807) is 13.8 Å². The van der Waals surface area contributed by atoms with E-state index in [1.807, 2.05) is 0 Å². The predicted octanol–water partition coefficient (Wildman–Crippen LogP) is 3.10. The number of aliphatic hydroxyl groups is 2.